The standard InChI is InChI=1S/C26H29N7O/c1-32(2)13-12-29-26(34)18-5-3-17(4-6-18)24-25(33-14-11-28-16-23(33)31-24)30-20-8-9-21-19(15-20)7-10-22(21)27/h3-6,8-9,11,14-16,24-25,27,30H,7,10,12-13H2,1-2H3,(H,29,34). The number of amidine groups is 1. The quantitative estimate of drug-likeness (QED) is 0.598. The van der Waals surface area contributed by atoms with Crippen LogP contribution in [-0.2, 0) is 6.42 Å². The maximum Gasteiger partial charge on any atom is 0.251 e. The van der Waals surface area contributed by atoms with Crippen molar-refractivity contribution in [2.24, 2.45) is 9.98 Å². The number of rotatable bonds is 7. The number of anilines is 1. The number of benzene rings is 2. The Kier molecular flexibility index (Phi) is 5.98. The van der Waals surface area contributed by atoms with E-state index in [1.54, 1.807) is 12.4 Å². The molecule has 3 N–H and O–H groups in total. The second kappa shape index (κ2) is 9.23. The summed E-state index contributed by atoms with van der Waals surface area (Å²) in [7, 11) is 3.96. The Hall–Kier alpha value is -3.78. The minimum Gasteiger partial charge on any atom is -0.363 e. The average molecular weight is 456 g/mol. The molecule has 1 amide bonds. The molecule has 2 atom stereocenters. The molecular formula is C26H29N7O. The third kappa shape index (κ3) is 4.36. The Balaban J connectivity index is 1.36. The Morgan fingerprint density at radius 1 is 1.18 bits per heavy atom. The van der Waals surface area contributed by atoms with Crippen molar-refractivity contribution in [2.45, 2.75) is 25.0 Å². The fourth-order valence-corrected chi connectivity index (χ4v) is 4.55. The van der Waals surface area contributed by atoms with Crippen molar-refractivity contribution < 1.29 is 4.79 Å². The molecule has 8 nitrogen and oxygen atoms in total. The topological polar surface area (TPSA) is 96.2 Å². The summed E-state index contributed by atoms with van der Waals surface area (Å²) in [5.74, 6) is 0.732. The summed E-state index contributed by atoms with van der Waals surface area (Å²) >= 11 is 0. The number of likely N-dealkylation sites (N-methyl/N-ethyl adjacent to an activating group) is 1. The molecule has 2 aromatic rings. The lowest BCUT2D eigenvalue weighted by molar-refractivity contribution is 0.0951. The van der Waals surface area contributed by atoms with E-state index in [0.29, 0.717) is 17.8 Å². The number of nitrogens with zero attached hydrogens (tertiary/aromatic N) is 4. The number of carbonyl (C=O) groups excluding carboxylic acids is 1. The maximum absolute atomic E-state index is 12.5. The molecule has 2 aliphatic heterocycles. The second-order valence-corrected chi connectivity index (χ2v) is 9.04. The molecule has 2 aromatic carbocycles. The Morgan fingerprint density at radius 2 is 2.00 bits per heavy atom. The van der Waals surface area contributed by atoms with Gasteiger partial charge in [-0.25, -0.2) is 0 Å². The lowest BCUT2D eigenvalue weighted by Gasteiger charge is -2.29. The first-order chi connectivity index (χ1) is 16.5. The van der Waals surface area contributed by atoms with Crippen molar-refractivity contribution in [2.75, 3.05) is 32.5 Å². The Bertz CT molecular complexity index is 1200. The summed E-state index contributed by atoms with van der Waals surface area (Å²) in [4.78, 5) is 25.8. The van der Waals surface area contributed by atoms with Crippen LogP contribution in [0.25, 0.3) is 0 Å². The first-order valence-electron chi connectivity index (χ1n) is 11.6. The third-order valence-corrected chi connectivity index (χ3v) is 6.39. The van der Waals surface area contributed by atoms with Crippen LogP contribution in [0.4, 0.5) is 5.69 Å². The van der Waals surface area contributed by atoms with Crippen LogP contribution in [0.5, 0.6) is 0 Å². The Morgan fingerprint density at radius 3 is 2.79 bits per heavy atom. The van der Waals surface area contributed by atoms with Crippen molar-refractivity contribution in [3.8, 4) is 0 Å². The zero-order chi connectivity index (χ0) is 23.7. The van der Waals surface area contributed by atoms with Crippen LogP contribution < -0.4 is 10.6 Å². The van der Waals surface area contributed by atoms with Crippen LogP contribution in [0, 0.1) is 5.41 Å². The van der Waals surface area contributed by atoms with E-state index in [4.69, 9.17) is 10.4 Å². The van der Waals surface area contributed by atoms with Crippen molar-refractivity contribution in [1.82, 2.24) is 15.1 Å². The van der Waals surface area contributed by atoms with Crippen molar-refractivity contribution in [3.63, 3.8) is 0 Å². The van der Waals surface area contributed by atoms with Crippen molar-refractivity contribution in [1.29, 1.82) is 5.41 Å². The van der Waals surface area contributed by atoms with Gasteiger partial charge in [0.1, 0.15) is 18.0 Å². The number of carbonyl (C=O) groups is 1. The monoisotopic (exact) mass is 455 g/mol. The van der Waals surface area contributed by atoms with Gasteiger partial charge in [-0.05, 0) is 67.9 Å². The molecule has 2 heterocycles. The summed E-state index contributed by atoms with van der Waals surface area (Å²) in [5, 5.41) is 14.7. The zero-order valence-electron chi connectivity index (χ0n) is 19.5. The molecular weight excluding hydrogens is 426 g/mol. The van der Waals surface area contributed by atoms with Crippen LogP contribution in [0.2, 0.25) is 0 Å². The smallest absolute Gasteiger partial charge is 0.251 e. The number of fused-ring (bicyclic) bond motifs is 2. The van der Waals surface area contributed by atoms with E-state index < -0.39 is 0 Å². The molecule has 34 heavy (non-hydrogen) atoms. The predicted octanol–water partition coefficient (Wildman–Crippen LogP) is 3.04. The van der Waals surface area contributed by atoms with Crippen molar-refractivity contribution in [3.05, 3.63) is 77.1 Å². The highest BCUT2D eigenvalue weighted by atomic mass is 16.1. The SMILES string of the molecule is CN(C)CCNC(=O)c1ccc(C2N=C3C=NC=CN3C2Nc2ccc3c(c2)CCC3=N)cc1. The molecule has 0 saturated carbocycles. The normalized spacial score (nSPS) is 20.4. The van der Waals surface area contributed by atoms with Gasteiger partial charge in [0.2, 0.25) is 0 Å². The van der Waals surface area contributed by atoms with Crippen LogP contribution in [-0.4, -0.2) is 66.8 Å². The van der Waals surface area contributed by atoms with Crippen LogP contribution >= 0.6 is 0 Å². The number of aliphatic imine (C=N–C) groups is 2. The zero-order valence-corrected chi connectivity index (χ0v) is 19.5. The number of aryl methyl sites for hydroxylation is 1. The van der Waals surface area contributed by atoms with Gasteiger partial charge in [-0.2, -0.15) is 0 Å². The lowest BCUT2D eigenvalue weighted by atomic mass is 10.0. The predicted molar refractivity (Wildman–Crippen MR) is 136 cm³/mol. The van der Waals surface area contributed by atoms with E-state index >= 15 is 0 Å². The molecule has 2 unspecified atom stereocenters. The number of hydrogen-bond donors (Lipinski definition) is 3. The highest BCUT2D eigenvalue weighted by Crippen LogP contribution is 2.34. The molecule has 0 aromatic heterocycles. The summed E-state index contributed by atoms with van der Waals surface area (Å²) < 4.78 is 0. The number of nitrogens with one attached hydrogen (secondary N) is 3. The van der Waals surface area contributed by atoms with Gasteiger partial charge in [0.15, 0.2) is 0 Å². The minimum atomic E-state index is -0.165. The van der Waals surface area contributed by atoms with Gasteiger partial charge in [-0.1, -0.05) is 18.2 Å². The van der Waals surface area contributed by atoms with E-state index in [-0.39, 0.29) is 18.1 Å². The van der Waals surface area contributed by atoms with E-state index in [2.05, 4.69) is 26.6 Å². The third-order valence-electron chi connectivity index (χ3n) is 6.39. The molecule has 0 spiro atoms. The fraction of sp³-hybridized carbons (Fsp3) is 0.308. The van der Waals surface area contributed by atoms with Gasteiger partial charge in [0.05, 0.1) is 6.21 Å². The fourth-order valence-electron chi connectivity index (χ4n) is 4.55. The van der Waals surface area contributed by atoms with Gasteiger partial charge in [-0.3, -0.25) is 14.8 Å². The van der Waals surface area contributed by atoms with Crippen LogP contribution in [0.1, 0.15) is 39.5 Å². The molecule has 0 saturated heterocycles. The van der Waals surface area contributed by atoms with Crippen LogP contribution in [0.3, 0.4) is 0 Å². The largest absolute Gasteiger partial charge is 0.363 e. The van der Waals surface area contributed by atoms with E-state index in [1.807, 2.05) is 61.6 Å². The molecule has 0 bridgehead atoms. The highest BCUT2D eigenvalue weighted by molar-refractivity contribution is 6.31. The first kappa shape index (κ1) is 22.0. The molecule has 1 aliphatic carbocycles. The number of amides is 1. The summed E-state index contributed by atoms with van der Waals surface area (Å²) in [6.07, 6.45) is 7.06. The van der Waals surface area contributed by atoms with Gasteiger partial charge in [0, 0.05) is 42.5 Å². The number of hydrogen-bond acceptors (Lipinski definition) is 7. The van der Waals surface area contributed by atoms with E-state index in [9.17, 15) is 4.79 Å². The van der Waals surface area contributed by atoms with Gasteiger partial charge in [-0.15, -0.1) is 0 Å². The molecule has 8 heteroatoms. The van der Waals surface area contributed by atoms with E-state index in [1.165, 1.54) is 5.56 Å². The van der Waals surface area contributed by atoms with Gasteiger partial charge in [0.25, 0.3) is 5.91 Å². The van der Waals surface area contributed by atoms with Crippen LogP contribution in [0.15, 0.2) is 64.8 Å². The second-order valence-electron chi connectivity index (χ2n) is 9.04. The molecule has 3 aliphatic rings. The Labute approximate surface area is 199 Å². The highest BCUT2D eigenvalue weighted by Gasteiger charge is 2.36. The minimum absolute atomic E-state index is 0.0722. The summed E-state index contributed by atoms with van der Waals surface area (Å²) in [6.45, 7) is 1.40. The summed E-state index contributed by atoms with van der Waals surface area (Å²) in [5.41, 5.74) is 5.65. The molecule has 5 rings (SSSR count). The van der Waals surface area contributed by atoms with Crippen molar-refractivity contribution >= 4 is 29.4 Å². The molecule has 0 fully saturated rings. The molecule has 0 radical (unpaired) electrons. The first-order valence-corrected chi connectivity index (χ1v) is 11.6. The van der Waals surface area contributed by atoms with E-state index in [0.717, 1.165) is 42.0 Å². The van der Waals surface area contributed by atoms with Gasteiger partial charge < -0.3 is 25.8 Å². The lowest BCUT2D eigenvalue weighted by Crippen LogP contribution is -2.40. The molecule has 174 valence electrons. The average Bonchev–Trinajstić information content (AvgIpc) is 3.39. The van der Waals surface area contributed by atoms with Gasteiger partial charge >= 0.3 is 0 Å². The maximum atomic E-state index is 12.5. The summed E-state index contributed by atoms with van der Waals surface area (Å²) in [6, 6.07) is 13.7.